The van der Waals surface area contributed by atoms with E-state index >= 15 is 0 Å². The van der Waals surface area contributed by atoms with Crippen molar-refractivity contribution in [2.45, 2.75) is 13.1 Å². The molecular weight excluding hydrogens is 247 g/mol. The van der Waals surface area contributed by atoms with Crippen molar-refractivity contribution in [3.8, 4) is 0 Å². The van der Waals surface area contributed by atoms with Gasteiger partial charge in [0.25, 0.3) is 0 Å². The average Bonchev–Trinajstić information content (AvgIpc) is 2.16. The van der Waals surface area contributed by atoms with Crippen molar-refractivity contribution >= 4 is 17.6 Å². The van der Waals surface area contributed by atoms with E-state index in [1.54, 1.807) is 0 Å². The van der Waals surface area contributed by atoms with E-state index in [-0.39, 0.29) is 11.8 Å². The van der Waals surface area contributed by atoms with Crippen LogP contribution in [0, 0.1) is 0 Å². The van der Waals surface area contributed by atoms with Crippen LogP contribution < -0.4 is 0 Å². The van der Waals surface area contributed by atoms with Crippen molar-refractivity contribution in [2.75, 3.05) is 6.61 Å². The van der Waals surface area contributed by atoms with Crippen molar-refractivity contribution < 1.29 is 22.7 Å². The quantitative estimate of drug-likeness (QED) is 0.601. The van der Waals surface area contributed by atoms with Gasteiger partial charge in [0.15, 0.2) is 0 Å². The van der Waals surface area contributed by atoms with Gasteiger partial charge in [-0.2, -0.15) is 13.2 Å². The Kier molecular flexibility index (Phi) is 3.74. The number of carbonyl (C=O) groups excluding carboxylic acids is 1. The maximum Gasteiger partial charge on any atom is 0.418 e. The first kappa shape index (κ1) is 12.8. The highest BCUT2D eigenvalue weighted by atomic mass is 35.5. The number of nitrogens with zero attached hydrogens (tertiary/aromatic N) is 1. The van der Waals surface area contributed by atoms with Gasteiger partial charge >= 0.3 is 12.1 Å². The van der Waals surface area contributed by atoms with Crippen LogP contribution in [0.4, 0.5) is 13.2 Å². The van der Waals surface area contributed by atoms with Crippen LogP contribution in [-0.4, -0.2) is 17.6 Å². The molecule has 0 amide bonds. The Hall–Kier alpha value is -1.30. The van der Waals surface area contributed by atoms with E-state index in [1.807, 2.05) is 0 Å². The lowest BCUT2D eigenvalue weighted by Crippen LogP contribution is -2.15. The third-order valence-electron chi connectivity index (χ3n) is 1.67. The topological polar surface area (TPSA) is 39.2 Å². The minimum atomic E-state index is -4.67. The van der Waals surface area contributed by atoms with Gasteiger partial charge in [-0.25, -0.2) is 9.78 Å². The van der Waals surface area contributed by atoms with Gasteiger partial charge < -0.3 is 4.74 Å². The molecule has 0 spiro atoms. The molecule has 0 unspecified atom stereocenters. The zero-order chi connectivity index (χ0) is 12.3. The highest BCUT2D eigenvalue weighted by molar-refractivity contribution is 6.29. The lowest BCUT2D eigenvalue weighted by molar-refractivity contribution is -0.138. The molecule has 0 saturated carbocycles. The molecule has 1 aromatic rings. The molecule has 1 aromatic heterocycles. The molecule has 1 heterocycles. The number of pyridine rings is 1. The summed E-state index contributed by atoms with van der Waals surface area (Å²) in [6, 6.07) is 0.836. The van der Waals surface area contributed by atoms with Crippen LogP contribution in [0.3, 0.4) is 0 Å². The van der Waals surface area contributed by atoms with Crippen LogP contribution in [0.25, 0.3) is 0 Å². The first-order valence-electron chi connectivity index (χ1n) is 4.26. The van der Waals surface area contributed by atoms with Crippen LogP contribution in [0.1, 0.15) is 22.8 Å². The monoisotopic (exact) mass is 253 g/mol. The SMILES string of the molecule is CCOC(=O)c1cc(Cl)ncc1C(F)(F)F. The summed E-state index contributed by atoms with van der Waals surface area (Å²) in [5, 5.41) is -0.198. The van der Waals surface area contributed by atoms with E-state index in [1.165, 1.54) is 6.92 Å². The second-order valence-electron chi connectivity index (χ2n) is 2.77. The molecule has 0 radical (unpaired) electrons. The summed E-state index contributed by atoms with van der Waals surface area (Å²) in [5.41, 5.74) is -1.79. The molecule has 88 valence electrons. The number of ether oxygens (including phenoxy) is 1. The van der Waals surface area contributed by atoms with E-state index in [2.05, 4.69) is 9.72 Å². The van der Waals surface area contributed by atoms with Crippen molar-refractivity contribution in [3.05, 3.63) is 28.5 Å². The Bertz CT molecular complexity index is 406. The van der Waals surface area contributed by atoms with Crippen molar-refractivity contribution in [1.82, 2.24) is 4.98 Å². The summed E-state index contributed by atoms with van der Waals surface area (Å²) in [6.07, 6.45) is -4.16. The Balaban J connectivity index is 3.24. The molecule has 0 saturated heterocycles. The van der Waals surface area contributed by atoms with Gasteiger partial charge in [0.2, 0.25) is 0 Å². The zero-order valence-corrected chi connectivity index (χ0v) is 8.89. The predicted octanol–water partition coefficient (Wildman–Crippen LogP) is 2.93. The number of hydrogen-bond acceptors (Lipinski definition) is 3. The summed E-state index contributed by atoms with van der Waals surface area (Å²) in [4.78, 5) is 14.5. The Morgan fingerprint density at radius 1 is 1.56 bits per heavy atom. The van der Waals surface area contributed by atoms with Gasteiger partial charge in [0, 0.05) is 6.20 Å². The summed E-state index contributed by atoms with van der Waals surface area (Å²) in [7, 11) is 0. The highest BCUT2D eigenvalue weighted by Gasteiger charge is 2.36. The minimum absolute atomic E-state index is 0.0178. The van der Waals surface area contributed by atoms with E-state index in [0.29, 0.717) is 6.20 Å². The van der Waals surface area contributed by atoms with Crippen LogP contribution in [-0.2, 0) is 10.9 Å². The number of hydrogen-bond donors (Lipinski definition) is 0. The molecule has 0 aromatic carbocycles. The molecule has 3 nitrogen and oxygen atoms in total. The first-order chi connectivity index (χ1) is 7.36. The normalized spacial score (nSPS) is 11.3. The maximum atomic E-state index is 12.5. The molecule has 0 bridgehead atoms. The fourth-order valence-corrected chi connectivity index (χ4v) is 1.19. The summed E-state index contributed by atoms with van der Waals surface area (Å²) in [5.74, 6) is -1.07. The molecular formula is C9H7ClF3NO2. The molecule has 16 heavy (non-hydrogen) atoms. The number of halogens is 4. The molecule has 0 atom stereocenters. The zero-order valence-electron chi connectivity index (χ0n) is 8.14. The van der Waals surface area contributed by atoms with E-state index in [0.717, 1.165) is 6.07 Å². The van der Waals surface area contributed by atoms with Crippen molar-refractivity contribution in [2.24, 2.45) is 0 Å². The molecule has 7 heteroatoms. The number of carbonyl (C=O) groups is 1. The second-order valence-corrected chi connectivity index (χ2v) is 3.16. The number of esters is 1. The second kappa shape index (κ2) is 4.69. The van der Waals surface area contributed by atoms with Gasteiger partial charge in [-0.15, -0.1) is 0 Å². The van der Waals surface area contributed by atoms with Crippen LogP contribution >= 0.6 is 11.6 Å². The van der Waals surface area contributed by atoms with E-state index in [4.69, 9.17) is 11.6 Å². The lowest BCUT2D eigenvalue weighted by Gasteiger charge is -2.11. The largest absolute Gasteiger partial charge is 0.462 e. The van der Waals surface area contributed by atoms with E-state index in [9.17, 15) is 18.0 Å². The predicted molar refractivity (Wildman–Crippen MR) is 50.2 cm³/mol. The van der Waals surface area contributed by atoms with E-state index < -0.39 is 23.3 Å². The van der Waals surface area contributed by atoms with Crippen LogP contribution in [0.15, 0.2) is 12.3 Å². The maximum absolute atomic E-state index is 12.5. The molecule has 0 aliphatic heterocycles. The van der Waals surface area contributed by atoms with Gasteiger partial charge in [0.05, 0.1) is 17.7 Å². The van der Waals surface area contributed by atoms with Crippen LogP contribution in [0.5, 0.6) is 0 Å². The van der Waals surface area contributed by atoms with Crippen molar-refractivity contribution in [1.29, 1.82) is 0 Å². The standard InChI is InChI=1S/C9H7ClF3NO2/c1-2-16-8(15)5-3-7(10)14-4-6(5)9(11,12)13/h3-4H,2H2,1H3. The third kappa shape index (κ3) is 2.85. The average molecular weight is 254 g/mol. The summed E-state index contributed by atoms with van der Waals surface area (Å²) >= 11 is 5.42. The summed E-state index contributed by atoms with van der Waals surface area (Å²) < 4.78 is 42.0. The summed E-state index contributed by atoms with van der Waals surface area (Å²) in [6.45, 7) is 1.48. The van der Waals surface area contributed by atoms with Gasteiger partial charge in [-0.1, -0.05) is 11.6 Å². The molecule has 0 aliphatic carbocycles. The highest BCUT2D eigenvalue weighted by Crippen LogP contribution is 2.32. The number of aromatic nitrogens is 1. The lowest BCUT2D eigenvalue weighted by atomic mass is 10.1. The molecule has 0 N–H and O–H groups in total. The van der Waals surface area contributed by atoms with Gasteiger partial charge in [-0.3, -0.25) is 0 Å². The molecule has 0 fully saturated rings. The van der Waals surface area contributed by atoms with Crippen LogP contribution in [0.2, 0.25) is 5.15 Å². The number of alkyl halides is 3. The smallest absolute Gasteiger partial charge is 0.418 e. The first-order valence-corrected chi connectivity index (χ1v) is 4.64. The fraction of sp³-hybridized carbons (Fsp3) is 0.333. The fourth-order valence-electron chi connectivity index (χ4n) is 1.03. The Morgan fingerprint density at radius 3 is 2.69 bits per heavy atom. The number of rotatable bonds is 2. The Labute approximate surface area is 94.2 Å². The third-order valence-corrected chi connectivity index (χ3v) is 1.88. The molecule has 0 aliphatic rings. The van der Waals surface area contributed by atoms with Gasteiger partial charge in [-0.05, 0) is 13.0 Å². The van der Waals surface area contributed by atoms with Gasteiger partial charge in [0.1, 0.15) is 5.15 Å². The van der Waals surface area contributed by atoms with Crippen molar-refractivity contribution in [3.63, 3.8) is 0 Å². The molecule has 1 rings (SSSR count). The Morgan fingerprint density at radius 2 is 2.19 bits per heavy atom. The minimum Gasteiger partial charge on any atom is -0.462 e.